The molecule has 1 aliphatic carbocycles. The summed E-state index contributed by atoms with van der Waals surface area (Å²) in [7, 11) is 1.92. The normalized spacial score (nSPS) is 18.3. The quantitative estimate of drug-likeness (QED) is 0.889. The minimum atomic E-state index is 0.199. The summed E-state index contributed by atoms with van der Waals surface area (Å²) in [5, 5.41) is 5.83. The highest BCUT2D eigenvalue weighted by Crippen LogP contribution is 2.43. The van der Waals surface area contributed by atoms with Crippen LogP contribution in [0.1, 0.15) is 24.8 Å². The van der Waals surface area contributed by atoms with Crippen molar-refractivity contribution in [3.63, 3.8) is 0 Å². The molecule has 17 heavy (non-hydrogen) atoms. The smallest absolute Gasteiger partial charge is 0.158 e. The fourth-order valence-corrected chi connectivity index (χ4v) is 3.03. The van der Waals surface area contributed by atoms with Crippen molar-refractivity contribution in [2.75, 3.05) is 6.54 Å². The van der Waals surface area contributed by atoms with Gasteiger partial charge in [0.15, 0.2) is 5.15 Å². The highest BCUT2D eigenvalue weighted by Gasteiger charge is 2.37. The molecule has 1 fully saturated rings. The number of fused-ring (bicyclic) bond motifs is 1. The minimum absolute atomic E-state index is 0.199. The number of aromatic nitrogens is 2. The van der Waals surface area contributed by atoms with Crippen LogP contribution in [-0.2, 0) is 12.5 Å². The molecule has 3 nitrogen and oxygen atoms in total. The van der Waals surface area contributed by atoms with Gasteiger partial charge in [-0.15, -0.1) is 0 Å². The Kier molecular flexibility index (Phi) is 2.42. The highest BCUT2D eigenvalue weighted by molar-refractivity contribution is 6.34. The summed E-state index contributed by atoms with van der Waals surface area (Å²) in [4.78, 5) is 0. The Balaban J connectivity index is 2.16. The van der Waals surface area contributed by atoms with Gasteiger partial charge in [-0.2, -0.15) is 5.10 Å². The fraction of sp³-hybridized carbons (Fsp3) is 0.462. The van der Waals surface area contributed by atoms with Crippen LogP contribution in [0.4, 0.5) is 0 Å². The van der Waals surface area contributed by atoms with Gasteiger partial charge < -0.3 is 5.73 Å². The Morgan fingerprint density at radius 2 is 2.24 bits per heavy atom. The van der Waals surface area contributed by atoms with E-state index in [-0.39, 0.29) is 5.41 Å². The second-order valence-electron chi connectivity index (χ2n) is 4.98. The molecule has 1 saturated carbocycles. The summed E-state index contributed by atoms with van der Waals surface area (Å²) in [5.41, 5.74) is 8.56. The van der Waals surface area contributed by atoms with E-state index in [1.165, 1.54) is 24.8 Å². The topological polar surface area (TPSA) is 43.8 Å². The number of nitrogens with two attached hydrogens (primary N) is 1. The molecule has 0 atom stereocenters. The Morgan fingerprint density at radius 1 is 1.47 bits per heavy atom. The maximum absolute atomic E-state index is 6.07. The lowest BCUT2D eigenvalue weighted by Gasteiger charge is -2.41. The summed E-state index contributed by atoms with van der Waals surface area (Å²) in [6.07, 6.45) is 3.67. The van der Waals surface area contributed by atoms with Gasteiger partial charge >= 0.3 is 0 Å². The first-order valence-corrected chi connectivity index (χ1v) is 6.37. The van der Waals surface area contributed by atoms with E-state index in [1.807, 2.05) is 11.7 Å². The molecule has 2 N–H and O–H groups in total. The lowest BCUT2D eigenvalue weighted by atomic mass is 9.64. The fourth-order valence-electron chi connectivity index (χ4n) is 2.76. The Labute approximate surface area is 106 Å². The molecule has 1 aliphatic rings. The van der Waals surface area contributed by atoms with Gasteiger partial charge in [0.2, 0.25) is 0 Å². The molecule has 2 aromatic rings. The average molecular weight is 250 g/mol. The molecule has 3 rings (SSSR count). The first-order valence-electron chi connectivity index (χ1n) is 5.99. The van der Waals surface area contributed by atoms with Gasteiger partial charge in [-0.1, -0.05) is 24.1 Å². The molecule has 4 heteroatoms. The van der Waals surface area contributed by atoms with Crippen LogP contribution < -0.4 is 5.73 Å². The Morgan fingerprint density at radius 3 is 2.82 bits per heavy atom. The molecule has 0 amide bonds. The van der Waals surface area contributed by atoms with E-state index >= 15 is 0 Å². The van der Waals surface area contributed by atoms with Crippen molar-refractivity contribution in [2.24, 2.45) is 12.8 Å². The van der Waals surface area contributed by atoms with Gasteiger partial charge in [0.25, 0.3) is 0 Å². The summed E-state index contributed by atoms with van der Waals surface area (Å²) < 4.78 is 1.84. The zero-order valence-corrected chi connectivity index (χ0v) is 10.7. The first-order chi connectivity index (χ1) is 8.16. The number of rotatable bonds is 2. The maximum atomic E-state index is 6.07. The van der Waals surface area contributed by atoms with E-state index < -0.39 is 0 Å². The number of hydrogen-bond acceptors (Lipinski definition) is 2. The highest BCUT2D eigenvalue weighted by atomic mass is 35.5. The SMILES string of the molecule is Cn1nc(Cl)c2ccc(C3(CN)CCC3)cc21. The predicted molar refractivity (Wildman–Crippen MR) is 70.3 cm³/mol. The molecular formula is C13H16ClN3. The van der Waals surface area contributed by atoms with Crippen molar-refractivity contribution in [1.82, 2.24) is 9.78 Å². The third kappa shape index (κ3) is 1.49. The van der Waals surface area contributed by atoms with E-state index in [0.29, 0.717) is 5.15 Å². The second-order valence-corrected chi connectivity index (χ2v) is 5.34. The van der Waals surface area contributed by atoms with Gasteiger partial charge in [0.1, 0.15) is 0 Å². The number of aryl methyl sites for hydroxylation is 1. The maximum Gasteiger partial charge on any atom is 0.158 e. The number of hydrogen-bond donors (Lipinski definition) is 1. The third-order valence-electron chi connectivity index (χ3n) is 4.12. The standard InChI is InChI=1S/C13H16ClN3/c1-17-11-7-9(13(8-15)5-2-6-13)3-4-10(11)12(14)16-17/h3-4,7H,2,5-6,8,15H2,1H3. The van der Waals surface area contributed by atoms with Crippen molar-refractivity contribution in [3.05, 3.63) is 28.9 Å². The summed E-state index contributed by atoms with van der Waals surface area (Å²) in [6.45, 7) is 0.726. The number of halogens is 1. The summed E-state index contributed by atoms with van der Waals surface area (Å²) >= 11 is 6.07. The van der Waals surface area contributed by atoms with Gasteiger partial charge in [-0.05, 0) is 30.5 Å². The lowest BCUT2D eigenvalue weighted by molar-refractivity contribution is 0.253. The summed E-state index contributed by atoms with van der Waals surface area (Å²) in [5.74, 6) is 0. The van der Waals surface area contributed by atoms with Crippen LogP contribution >= 0.6 is 11.6 Å². The van der Waals surface area contributed by atoms with E-state index in [4.69, 9.17) is 17.3 Å². The molecule has 1 heterocycles. The van der Waals surface area contributed by atoms with E-state index in [0.717, 1.165) is 17.4 Å². The monoisotopic (exact) mass is 249 g/mol. The largest absolute Gasteiger partial charge is 0.330 e. The molecule has 0 radical (unpaired) electrons. The molecule has 0 bridgehead atoms. The van der Waals surface area contributed by atoms with Crippen LogP contribution in [0.2, 0.25) is 5.15 Å². The number of nitrogens with zero attached hydrogens (tertiary/aromatic N) is 2. The van der Waals surface area contributed by atoms with E-state index in [9.17, 15) is 0 Å². The molecule has 0 unspecified atom stereocenters. The Hall–Kier alpha value is -1.06. The van der Waals surface area contributed by atoms with Crippen molar-refractivity contribution in [1.29, 1.82) is 0 Å². The van der Waals surface area contributed by atoms with Crippen molar-refractivity contribution >= 4 is 22.5 Å². The molecule has 0 saturated heterocycles. The molecule has 0 spiro atoms. The molecular weight excluding hydrogens is 234 g/mol. The van der Waals surface area contributed by atoms with Crippen LogP contribution in [0.15, 0.2) is 18.2 Å². The van der Waals surface area contributed by atoms with Crippen LogP contribution in [-0.4, -0.2) is 16.3 Å². The van der Waals surface area contributed by atoms with Gasteiger partial charge in [-0.3, -0.25) is 4.68 Å². The van der Waals surface area contributed by atoms with E-state index in [1.54, 1.807) is 0 Å². The van der Waals surface area contributed by atoms with Gasteiger partial charge in [0.05, 0.1) is 5.52 Å². The zero-order valence-electron chi connectivity index (χ0n) is 9.91. The second kappa shape index (κ2) is 3.72. The van der Waals surface area contributed by atoms with Gasteiger partial charge in [-0.25, -0.2) is 0 Å². The molecule has 1 aromatic heterocycles. The van der Waals surface area contributed by atoms with Crippen LogP contribution in [0.3, 0.4) is 0 Å². The van der Waals surface area contributed by atoms with Crippen molar-refractivity contribution < 1.29 is 0 Å². The average Bonchev–Trinajstić information content (AvgIpc) is 2.54. The van der Waals surface area contributed by atoms with Crippen LogP contribution in [0, 0.1) is 0 Å². The van der Waals surface area contributed by atoms with Gasteiger partial charge in [0, 0.05) is 24.4 Å². The molecule has 90 valence electrons. The Bertz CT molecular complexity index is 564. The molecule has 1 aromatic carbocycles. The predicted octanol–water partition coefficient (Wildman–Crippen LogP) is 2.61. The minimum Gasteiger partial charge on any atom is -0.330 e. The number of benzene rings is 1. The lowest BCUT2D eigenvalue weighted by Crippen LogP contribution is -2.41. The summed E-state index contributed by atoms with van der Waals surface area (Å²) in [6, 6.07) is 6.41. The zero-order chi connectivity index (χ0) is 12.0. The molecule has 0 aliphatic heterocycles. The van der Waals surface area contributed by atoms with E-state index in [2.05, 4.69) is 23.3 Å². The van der Waals surface area contributed by atoms with Crippen molar-refractivity contribution in [3.8, 4) is 0 Å². The van der Waals surface area contributed by atoms with Crippen LogP contribution in [0.25, 0.3) is 10.9 Å². The van der Waals surface area contributed by atoms with Crippen molar-refractivity contribution in [2.45, 2.75) is 24.7 Å². The third-order valence-corrected chi connectivity index (χ3v) is 4.40. The van der Waals surface area contributed by atoms with Crippen LogP contribution in [0.5, 0.6) is 0 Å². The first kappa shape index (κ1) is 11.1.